The molecule has 2 saturated carbocycles. The summed E-state index contributed by atoms with van der Waals surface area (Å²) in [5.41, 5.74) is 2.53. The number of fused-ring (bicyclic) bond motifs is 3. The van der Waals surface area contributed by atoms with Gasteiger partial charge in [0.25, 0.3) is 0 Å². The van der Waals surface area contributed by atoms with E-state index in [4.69, 9.17) is 16.6 Å². The molecule has 4 aliphatic rings. The van der Waals surface area contributed by atoms with E-state index < -0.39 is 18.4 Å². The molecule has 2 aliphatic heterocycles. The van der Waals surface area contributed by atoms with Gasteiger partial charge in [0, 0.05) is 71.5 Å². The summed E-state index contributed by atoms with van der Waals surface area (Å²) in [4.78, 5) is 23.8. The first-order chi connectivity index (χ1) is 19.9. The Balaban J connectivity index is 1.28. The zero-order chi connectivity index (χ0) is 28.2. The number of amidine groups is 1. The molecule has 3 aromatic rings. The first-order valence-electron chi connectivity index (χ1n) is 13.9. The number of carbonyl (C=O) groups is 1. The Hall–Kier alpha value is -3.02. The van der Waals surface area contributed by atoms with Crippen LogP contribution in [0.5, 0.6) is 0 Å². The van der Waals surface area contributed by atoms with Gasteiger partial charge in [-0.05, 0) is 55.3 Å². The van der Waals surface area contributed by atoms with Gasteiger partial charge >= 0.3 is 6.55 Å². The molecule has 1 aromatic carbocycles. The maximum absolute atomic E-state index is 14.0. The Labute approximate surface area is 244 Å². The summed E-state index contributed by atoms with van der Waals surface area (Å²) in [5, 5.41) is 10.8. The zero-order valence-electron chi connectivity index (χ0n) is 22.0. The molecule has 0 spiro atoms. The van der Waals surface area contributed by atoms with Crippen LogP contribution in [-0.4, -0.2) is 50.4 Å². The third-order valence-corrected chi connectivity index (χ3v) is 10.1. The van der Waals surface area contributed by atoms with Gasteiger partial charge in [-0.15, -0.1) is 11.3 Å². The van der Waals surface area contributed by atoms with Crippen molar-refractivity contribution in [3.05, 3.63) is 74.8 Å². The molecule has 2 aromatic heterocycles. The summed E-state index contributed by atoms with van der Waals surface area (Å²) < 4.78 is 41.8. The van der Waals surface area contributed by atoms with Crippen molar-refractivity contribution in [1.82, 2.24) is 25.0 Å². The van der Waals surface area contributed by atoms with Crippen LogP contribution in [0.25, 0.3) is 5.57 Å². The van der Waals surface area contributed by atoms with E-state index >= 15 is 0 Å². The quantitative estimate of drug-likeness (QED) is 0.354. The lowest BCUT2D eigenvalue weighted by atomic mass is 9.78. The fourth-order valence-corrected chi connectivity index (χ4v) is 8.05. The minimum Gasteiger partial charge on any atom is -0.326 e. The number of hydrogen-bond donors (Lipinski definition) is 1. The summed E-state index contributed by atoms with van der Waals surface area (Å²) in [6.45, 7) is -1.33. The van der Waals surface area contributed by atoms with Gasteiger partial charge in [0.05, 0.1) is 5.69 Å². The molecule has 4 heterocycles. The van der Waals surface area contributed by atoms with Crippen molar-refractivity contribution < 1.29 is 18.0 Å². The molecule has 12 heteroatoms. The van der Waals surface area contributed by atoms with Crippen LogP contribution in [0.15, 0.2) is 52.7 Å². The highest BCUT2D eigenvalue weighted by atomic mass is 35.5. The number of carbonyl (C=O) groups excluding carboxylic acids is 1. The van der Waals surface area contributed by atoms with Crippen LogP contribution in [0.1, 0.15) is 61.0 Å². The fourth-order valence-electron chi connectivity index (χ4n) is 7.14. The van der Waals surface area contributed by atoms with Crippen LogP contribution >= 0.6 is 22.9 Å². The molecular formula is C29H28ClF3N6OS. The monoisotopic (exact) mass is 600 g/mol. The summed E-state index contributed by atoms with van der Waals surface area (Å²) >= 11 is 8.02. The number of Topliss-reactive ketones (excluding diaryl/α,β-unsaturated/α-hetero) is 1. The first-order valence-corrected chi connectivity index (χ1v) is 15.1. The van der Waals surface area contributed by atoms with Gasteiger partial charge in [-0.3, -0.25) is 9.79 Å². The van der Waals surface area contributed by atoms with Crippen LogP contribution < -0.4 is 5.32 Å². The van der Waals surface area contributed by atoms with Crippen LogP contribution in [0.2, 0.25) is 5.02 Å². The molecule has 1 saturated heterocycles. The van der Waals surface area contributed by atoms with Crippen molar-refractivity contribution >= 4 is 40.1 Å². The number of aliphatic imine (C=N–C) groups is 1. The van der Waals surface area contributed by atoms with Crippen LogP contribution in [0.3, 0.4) is 0 Å². The molecule has 41 heavy (non-hydrogen) atoms. The van der Waals surface area contributed by atoms with Crippen molar-refractivity contribution in [1.29, 1.82) is 0 Å². The second kappa shape index (κ2) is 10.7. The number of aromatic nitrogens is 3. The van der Waals surface area contributed by atoms with E-state index in [0.717, 1.165) is 30.1 Å². The molecule has 2 bridgehead atoms. The Morgan fingerprint density at radius 1 is 1.15 bits per heavy atom. The average Bonchev–Trinajstić information content (AvgIpc) is 3.74. The standard InChI is InChI=1S/C29H28ClF3N6OS/c30-22-11-17(31)3-4-20(22)26-25(23-5-7-39(37-23)29(32)33)24-12-18(14-38(24)27(36-26)28-34-6-8-41-28)35-13-21-15-1-2-16(21)10-19(40)9-15/h3-8,11,15-16,18,21,26,29,35H,1-2,9-10,12-14H2/t15-,16?,18-,21?,26-/m0/s1. The summed E-state index contributed by atoms with van der Waals surface area (Å²) in [6, 6.07) is 5.11. The first kappa shape index (κ1) is 26.9. The number of nitrogens with zero attached hydrogens (tertiary/aromatic N) is 5. The van der Waals surface area contributed by atoms with E-state index in [1.165, 1.54) is 29.7 Å². The molecule has 0 amide bonds. The number of halogens is 4. The van der Waals surface area contributed by atoms with Gasteiger partial charge in [-0.1, -0.05) is 17.7 Å². The molecule has 2 aliphatic carbocycles. The lowest BCUT2D eigenvalue weighted by Crippen LogP contribution is -2.41. The third kappa shape index (κ3) is 4.91. The SMILES string of the molecule is O=C1CC2CC[C@@H](C1)C2CN[C@H]1CC2=C(c3ccn(C(F)F)n3)[C@H](c3ccc(F)cc3Cl)N=C(c3nccs3)N2C1. The second-order valence-corrected chi connectivity index (χ2v) is 12.6. The molecule has 2 unspecified atom stereocenters. The van der Waals surface area contributed by atoms with Crippen molar-refractivity contribution in [2.75, 3.05) is 13.1 Å². The Morgan fingerprint density at radius 2 is 1.95 bits per heavy atom. The molecule has 1 N–H and O–H groups in total. The number of benzene rings is 1. The number of nitrogens with one attached hydrogen (secondary N) is 1. The van der Waals surface area contributed by atoms with Crippen LogP contribution in [0.4, 0.5) is 13.2 Å². The Morgan fingerprint density at radius 3 is 2.63 bits per heavy atom. The smallest absolute Gasteiger partial charge is 0.326 e. The van der Waals surface area contributed by atoms with Crippen LogP contribution in [-0.2, 0) is 4.79 Å². The lowest BCUT2D eigenvalue weighted by Gasteiger charge is -2.32. The molecule has 214 valence electrons. The predicted octanol–water partition coefficient (Wildman–Crippen LogP) is 6.11. The lowest BCUT2D eigenvalue weighted by molar-refractivity contribution is -0.123. The van der Waals surface area contributed by atoms with Gasteiger partial charge in [-0.2, -0.15) is 13.9 Å². The number of thiazole rings is 1. The van der Waals surface area contributed by atoms with Gasteiger partial charge in [0.1, 0.15) is 17.6 Å². The molecular weight excluding hydrogens is 573 g/mol. The second-order valence-electron chi connectivity index (χ2n) is 11.3. The van der Waals surface area contributed by atoms with E-state index in [1.54, 1.807) is 18.3 Å². The summed E-state index contributed by atoms with van der Waals surface area (Å²) in [6.07, 6.45) is 7.19. The Kier molecular flexibility index (Phi) is 6.99. The Bertz CT molecular complexity index is 1520. The van der Waals surface area contributed by atoms with Gasteiger partial charge in [-0.25, -0.2) is 14.1 Å². The summed E-state index contributed by atoms with van der Waals surface area (Å²) in [7, 11) is 0. The van der Waals surface area contributed by atoms with E-state index in [-0.39, 0.29) is 11.1 Å². The highest BCUT2D eigenvalue weighted by Crippen LogP contribution is 2.47. The van der Waals surface area contributed by atoms with E-state index in [9.17, 15) is 18.0 Å². The minimum atomic E-state index is -2.79. The maximum Gasteiger partial charge on any atom is 0.333 e. The average molecular weight is 601 g/mol. The van der Waals surface area contributed by atoms with Gasteiger partial charge in [0.15, 0.2) is 10.8 Å². The van der Waals surface area contributed by atoms with E-state index in [1.807, 2.05) is 5.38 Å². The van der Waals surface area contributed by atoms with Crippen molar-refractivity contribution in [2.45, 2.75) is 50.7 Å². The number of rotatable bonds is 7. The minimum absolute atomic E-state index is 0.0711. The highest BCUT2D eigenvalue weighted by molar-refractivity contribution is 7.11. The molecule has 7 nitrogen and oxygen atoms in total. The van der Waals surface area contributed by atoms with Gasteiger partial charge < -0.3 is 10.2 Å². The number of alkyl halides is 2. The molecule has 3 fully saturated rings. The molecule has 5 atom stereocenters. The van der Waals surface area contributed by atoms with Gasteiger partial charge in [0.2, 0.25) is 0 Å². The topological polar surface area (TPSA) is 75.4 Å². The fraction of sp³-hybridized carbons (Fsp3) is 0.448. The predicted molar refractivity (Wildman–Crippen MR) is 150 cm³/mol. The molecule has 0 radical (unpaired) electrons. The number of ketones is 1. The largest absolute Gasteiger partial charge is 0.333 e. The molecule has 7 rings (SSSR count). The van der Waals surface area contributed by atoms with Crippen molar-refractivity contribution in [3.63, 3.8) is 0 Å². The highest BCUT2D eigenvalue weighted by Gasteiger charge is 2.44. The van der Waals surface area contributed by atoms with Crippen molar-refractivity contribution in [2.24, 2.45) is 22.7 Å². The zero-order valence-corrected chi connectivity index (χ0v) is 23.6. The summed E-state index contributed by atoms with van der Waals surface area (Å²) in [5.74, 6) is 1.97. The van der Waals surface area contributed by atoms with E-state index in [0.29, 0.717) is 76.7 Å². The van der Waals surface area contributed by atoms with Crippen LogP contribution in [0, 0.1) is 23.6 Å². The maximum atomic E-state index is 14.0. The number of hydrogen-bond acceptors (Lipinski definition) is 7. The third-order valence-electron chi connectivity index (χ3n) is 8.97. The normalized spacial score (nSPS) is 27.6. The van der Waals surface area contributed by atoms with E-state index in [2.05, 4.69) is 20.3 Å². The van der Waals surface area contributed by atoms with Crippen molar-refractivity contribution in [3.8, 4) is 0 Å².